The van der Waals surface area contributed by atoms with Crippen LogP contribution in [0.4, 0.5) is 5.69 Å². The van der Waals surface area contributed by atoms with Crippen LogP contribution < -0.4 is 10.5 Å². The minimum Gasteiger partial charge on any atom is -0.324 e. The second kappa shape index (κ2) is 4.06. The van der Waals surface area contributed by atoms with Gasteiger partial charge in [0.25, 0.3) is 10.0 Å². The second-order valence-electron chi connectivity index (χ2n) is 3.36. The van der Waals surface area contributed by atoms with Crippen LogP contribution in [0.25, 0.3) is 10.2 Å². The number of sulfonamides is 1. The fourth-order valence-electron chi connectivity index (χ4n) is 1.34. The van der Waals surface area contributed by atoms with Gasteiger partial charge >= 0.3 is 0 Å². The Morgan fingerprint density at radius 3 is 2.76 bits per heavy atom. The predicted molar refractivity (Wildman–Crippen MR) is 65.3 cm³/mol. The van der Waals surface area contributed by atoms with E-state index in [1.54, 1.807) is 18.2 Å². The molecule has 3 N–H and O–H groups in total. The predicted octanol–water partition coefficient (Wildman–Crippen LogP) is 0.902. The highest BCUT2D eigenvalue weighted by Gasteiger charge is 2.16. The third-order valence-electron chi connectivity index (χ3n) is 1.95. The number of thiazole rings is 1. The summed E-state index contributed by atoms with van der Waals surface area (Å²) >= 11 is 0.970. The summed E-state index contributed by atoms with van der Waals surface area (Å²) < 4.78 is 22.8. The average molecular weight is 271 g/mol. The lowest BCUT2D eigenvalue weighted by Crippen LogP contribution is -2.11. The van der Waals surface area contributed by atoms with Crippen LogP contribution in [0.15, 0.2) is 22.5 Å². The largest absolute Gasteiger partial charge is 0.324 e. The maximum atomic E-state index is 11.2. The molecule has 1 amide bonds. The molecule has 8 heteroatoms. The summed E-state index contributed by atoms with van der Waals surface area (Å²) in [5.74, 6) is -0.248. The Morgan fingerprint density at radius 1 is 1.47 bits per heavy atom. The highest BCUT2D eigenvalue weighted by atomic mass is 32.2. The first-order valence-corrected chi connectivity index (χ1v) is 6.94. The van der Waals surface area contributed by atoms with Gasteiger partial charge < -0.3 is 5.32 Å². The Morgan fingerprint density at radius 2 is 2.18 bits per heavy atom. The van der Waals surface area contributed by atoms with Gasteiger partial charge in [-0.15, -0.1) is 11.3 Å². The van der Waals surface area contributed by atoms with E-state index in [0.717, 1.165) is 11.3 Å². The van der Waals surface area contributed by atoms with E-state index in [2.05, 4.69) is 10.3 Å². The van der Waals surface area contributed by atoms with Crippen molar-refractivity contribution in [1.29, 1.82) is 0 Å². The molecule has 1 heterocycles. The zero-order valence-corrected chi connectivity index (χ0v) is 10.4. The van der Waals surface area contributed by atoms with E-state index in [1.807, 2.05) is 0 Å². The van der Waals surface area contributed by atoms with Gasteiger partial charge in [-0.25, -0.2) is 18.5 Å². The molecule has 6 nitrogen and oxygen atoms in total. The van der Waals surface area contributed by atoms with Crippen molar-refractivity contribution in [2.45, 2.75) is 11.3 Å². The number of nitrogens with one attached hydrogen (secondary N) is 1. The summed E-state index contributed by atoms with van der Waals surface area (Å²) in [6, 6.07) is 5.07. The number of fused-ring (bicyclic) bond motifs is 1. The summed E-state index contributed by atoms with van der Waals surface area (Å²) in [7, 11) is -3.82. The van der Waals surface area contributed by atoms with E-state index in [-0.39, 0.29) is 10.2 Å². The van der Waals surface area contributed by atoms with Crippen LogP contribution in [0.1, 0.15) is 6.92 Å². The molecule has 17 heavy (non-hydrogen) atoms. The van der Waals surface area contributed by atoms with Crippen molar-refractivity contribution in [3.05, 3.63) is 18.2 Å². The molecule has 2 rings (SSSR count). The SMILES string of the molecule is CC(=O)Nc1cccc2sc(S(N)(=O)=O)nc12. The maximum absolute atomic E-state index is 11.2. The van der Waals surface area contributed by atoms with Crippen LogP contribution >= 0.6 is 11.3 Å². The second-order valence-corrected chi connectivity index (χ2v) is 6.12. The fourth-order valence-corrected chi connectivity index (χ4v) is 3.02. The summed E-state index contributed by atoms with van der Waals surface area (Å²) in [6.45, 7) is 1.37. The van der Waals surface area contributed by atoms with Gasteiger partial charge in [0.05, 0.1) is 10.4 Å². The van der Waals surface area contributed by atoms with Crippen LogP contribution in [0.3, 0.4) is 0 Å². The van der Waals surface area contributed by atoms with Gasteiger partial charge in [-0.1, -0.05) is 6.07 Å². The lowest BCUT2D eigenvalue weighted by molar-refractivity contribution is -0.114. The van der Waals surface area contributed by atoms with Gasteiger partial charge in [0.2, 0.25) is 10.2 Å². The third kappa shape index (κ3) is 2.43. The maximum Gasteiger partial charge on any atom is 0.265 e. The molecule has 1 aromatic carbocycles. The summed E-state index contributed by atoms with van der Waals surface area (Å²) in [5.41, 5.74) is 0.901. The van der Waals surface area contributed by atoms with Crippen molar-refractivity contribution < 1.29 is 13.2 Å². The Bertz CT molecular complexity index is 691. The number of carbonyl (C=O) groups is 1. The number of benzene rings is 1. The molecule has 1 aromatic heterocycles. The molecule has 0 spiro atoms. The quantitative estimate of drug-likeness (QED) is 0.847. The van der Waals surface area contributed by atoms with Crippen molar-refractivity contribution in [2.75, 3.05) is 5.32 Å². The molecule has 90 valence electrons. The fraction of sp³-hybridized carbons (Fsp3) is 0.111. The third-order valence-corrected chi connectivity index (χ3v) is 4.29. The molecular formula is C9H9N3O3S2. The molecule has 2 aromatic rings. The van der Waals surface area contributed by atoms with Crippen LogP contribution in [-0.2, 0) is 14.8 Å². The van der Waals surface area contributed by atoms with Gasteiger partial charge in [0.15, 0.2) is 0 Å². The number of hydrogen-bond acceptors (Lipinski definition) is 5. The zero-order chi connectivity index (χ0) is 12.6. The number of nitrogens with zero attached hydrogens (tertiary/aromatic N) is 1. The molecule has 0 saturated heterocycles. The molecule has 0 bridgehead atoms. The first-order chi connectivity index (χ1) is 7.88. The topological polar surface area (TPSA) is 102 Å². The van der Waals surface area contributed by atoms with Gasteiger partial charge in [0.1, 0.15) is 5.52 Å². The number of anilines is 1. The summed E-state index contributed by atoms with van der Waals surface area (Å²) in [5, 5.41) is 7.59. The number of primary sulfonamides is 1. The van der Waals surface area contributed by atoms with Crippen molar-refractivity contribution in [3.63, 3.8) is 0 Å². The van der Waals surface area contributed by atoms with E-state index in [1.165, 1.54) is 6.92 Å². The molecule has 0 atom stereocenters. The van der Waals surface area contributed by atoms with Crippen molar-refractivity contribution in [3.8, 4) is 0 Å². The lowest BCUT2D eigenvalue weighted by atomic mass is 10.3. The first-order valence-electron chi connectivity index (χ1n) is 4.58. The van der Waals surface area contributed by atoms with Crippen LogP contribution in [0.5, 0.6) is 0 Å². The molecule has 0 fully saturated rings. The molecular weight excluding hydrogens is 262 g/mol. The van der Waals surface area contributed by atoms with Gasteiger partial charge in [-0.3, -0.25) is 4.79 Å². The minimum absolute atomic E-state index is 0.162. The number of hydrogen-bond donors (Lipinski definition) is 2. The number of amides is 1. The van der Waals surface area contributed by atoms with E-state index in [4.69, 9.17) is 5.14 Å². The monoisotopic (exact) mass is 271 g/mol. The molecule has 0 saturated carbocycles. The average Bonchev–Trinajstić information content (AvgIpc) is 2.60. The van der Waals surface area contributed by atoms with Gasteiger partial charge in [-0.2, -0.15) is 0 Å². The van der Waals surface area contributed by atoms with Gasteiger partial charge in [-0.05, 0) is 12.1 Å². The normalized spacial score (nSPS) is 11.6. The number of para-hydroxylation sites is 1. The standard InChI is InChI=1S/C9H9N3O3S2/c1-5(13)11-6-3-2-4-7-8(6)12-9(16-7)17(10,14)15/h2-4H,1H3,(H,11,13)(H2,10,14,15). The highest BCUT2D eigenvalue weighted by molar-refractivity contribution is 7.91. The lowest BCUT2D eigenvalue weighted by Gasteiger charge is -2.01. The smallest absolute Gasteiger partial charge is 0.265 e. The van der Waals surface area contributed by atoms with Gasteiger partial charge in [0, 0.05) is 6.92 Å². The van der Waals surface area contributed by atoms with Crippen LogP contribution in [0.2, 0.25) is 0 Å². The summed E-state index contributed by atoms with van der Waals surface area (Å²) in [4.78, 5) is 14.9. The number of carbonyl (C=O) groups excluding carboxylic acids is 1. The Kier molecular flexibility index (Phi) is 2.86. The van der Waals surface area contributed by atoms with E-state index < -0.39 is 10.0 Å². The molecule has 0 aliphatic carbocycles. The highest BCUT2D eigenvalue weighted by Crippen LogP contribution is 2.29. The number of rotatable bonds is 2. The van der Waals surface area contributed by atoms with Crippen LogP contribution in [-0.4, -0.2) is 19.3 Å². The molecule has 0 aliphatic heterocycles. The summed E-state index contributed by atoms with van der Waals surface area (Å²) in [6.07, 6.45) is 0. The Hall–Kier alpha value is -1.51. The Balaban J connectivity index is 2.65. The molecule has 0 radical (unpaired) electrons. The number of nitrogens with two attached hydrogens (primary N) is 1. The van der Waals surface area contributed by atoms with E-state index >= 15 is 0 Å². The zero-order valence-electron chi connectivity index (χ0n) is 8.80. The van der Waals surface area contributed by atoms with E-state index in [0.29, 0.717) is 15.9 Å². The minimum atomic E-state index is -3.82. The Labute approximate surface area is 102 Å². The van der Waals surface area contributed by atoms with Crippen LogP contribution in [0, 0.1) is 0 Å². The first kappa shape index (κ1) is 12.0. The molecule has 0 aliphatic rings. The van der Waals surface area contributed by atoms with Crippen molar-refractivity contribution >= 4 is 43.2 Å². The van der Waals surface area contributed by atoms with Crippen molar-refractivity contribution in [2.24, 2.45) is 5.14 Å². The van der Waals surface area contributed by atoms with Crippen molar-refractivity contribution in [1.82, 2.24) is 4.98 Å². The number of aromatic nitrogens is 1. The van der Waals surface area contributed by atoms with E-state index in [9.17, 15) is 13.2 Å². The molecule has 0 unspecified atom stereocenters.